The molecule has 0 aliphatic carbocycles. The second kappa shape index (κ2) is 7.11. The summed E-state index contributed by atoms with van der Waals surface area (Å²) in [6.07, 6.45) is 3.68. The molecule has 0 bridgehead atoms. The maximum Gasteiger partial charge on any atom is 0.134 e. The van der Waals surface area contributed by atoms with Gasteiger partial charge in [0.2, 0.25) is 0 Å². The van der Waals surface area contributed by atoms with Crippen LogP contribution in [0.15, 0.2) is 35.7 Å². The summed E-state index contributed by atoms with van der Waals surface area (Å²) in [6.45, 7) is 2.23. The predicted octanol–water partition coefficient (Wildman–Crippen LogP) is 5.58. The van der Waals surface area contributed by atoms with Gasteiger partial charge in [0.15, 0.2) is 0 Å². The summed E-state index contributed by atoms with van der Waals surface area (Å²) >= 11 is 5.50. The number of ether oxygens (including phenoxy) is 1. The van der Waals surface area contributed by atoms with E-state index in [0.717, 1.165) is 5.75 Å². The maximum atomic E-state index is 5.39. The maximum absolute atomic E-state index is 5.39. The molecular formula is C16H19BrOS. The summed E-state index contributed by atoms with van der Waals surface area (Å²) in [7, 11) is 1.72. The lowest BCUT2D eigenvalue weighted by molar-refractivity contribution is 0.413. The summed E-state index contributed by atoms with van der Waals surface area (Å²) in [4.78, 5) is 1.44. The summed E-state index contributed by atoms with van der Waals surface area (Å²) in [5.74, 6) is 0.960. The van der Waals surface area contributed by atoms with Gasteiger partial charge in [-0.1, -0.05) is 53.5 Å². The molecule has 0 amide bonds. The van der Waals surface area contributed by atoms with Crippen molar-refractivity contribution < 1.29 is 4.74 Å². The number of methoxy groups -OCH3 is 1. The molecule has 0 radical (unpaired) electrons. The highest BCUT2D eigenvalue weighted by Crippen LogP contribution is 2.40. The van der Waals surface area contributed by atoms with Crippen molar-refractivity contribution in [1.82, 2.24) is 0 Å². The Labute approximate surface area is 127 Å². The van der Waals surface area contributed by atoms with Crippen LogP contribution >= 0.6 is 27.3 Å². The largest absolute Gasteiger partial charge is 0.496 e. The van der Waals surface area contributed by atoms with E-state index in [1.165, 1.54) is 35.3 Å². The highest BCUT2D eigenvalue weighted by Gasteiger charge is 2.16. The Hall–Kier alpha value is -0.800. The lowest BCUT2D eigenvalue weighted by Crippen LogP contribution is -1.94. The Morgan fingerprint density at radius 2 is 1.95 bits per heavy atom. The van der Waals surface area contributed by atoms with Crippen LogP contribution in [0.3, 0.4) is 0 Å². The number of hydrogen-bond donors (Lipinski definition) is 0. The molecule has 1 aromatic carbocycles. The fourth-order valence-corrected chi connectivity index (χ4v) is 3.76. The first kappa shape index (κ1) is 14.6. The molecule has 3 heteroatoms. The van der Waals surface area contributed by atoms with Gasteiger partial charge in [-0.25, -0.2) is 0 Å². The molecule has 102 valence electrons. The highest BCUT2D eigenvalue weighted by molar-refractivity contribution is 9.09. The molecule has 1 heterocycles. The van der Waals surface area contributed by atoms with Gasteiger partial charge in [0.1, 0.15) is 5.75 Å². The Morgan fingerprint density at radius 3 is 2.58 bits per heavy atom. The lowest BCUT2D eigenvalue weighted by atomic mass is 10.0. The molecule has 0 N–H and O–H groups in total. The van der Waals surface area contributed by atoms with Gasteiger partial charge < -0.3 is 4.74 Å². The number of hydrogen-bond acceptors (Lipinski definition) is 2. The summed E-state index contributed by atoms with van der Waals surface area (Å²) in [5.41, 5.74) is 2.70. The van der Waals surface area contributed by atoms with Crippen molar-refractivity contribution in [3.8, 4) is 5.75 Å². The van der Waals surface area contributed by atoms with E-state index in [2.05, 4.69) is 52.5 Å². The second-order valence-corrected chi connectivity index (χ2v) is 6.42. The molecule has 1 atom stereocenters. The molecule has 0 saturated carbocycles. The second-order valence-electron chi connectivity index (χ2n) is 4.56. The number of benzene rings is 1. The van der Waals surface area contributed by atoms with E-state index in [-0.39, 0.29) is 4.83 Å². The molecule has 0 aliphatic rings. The quantitative estimate of drug-likeness (QED) is 0.624. The van der Waals surface area contributed by atoms with Gasteiger partial charge in [-0.05, 0) is 35.4 Å². The Morgan fingerprint density at radius 1 is 1.21 bits per heavy atom. The molecule has 1 nitrogen and oxygen atoms in total. The molecule has 1 aromatic heterocycles. The highest BCUT2D eigenvalue weighted by atomic mass is 79.9. The molecule has 2 aromatic rings. The first-order valence-electron chi connectivity index (χ1n) is 6.60. The topological polar surface area (TPSA) is 9.23 Å². The predicted molar refractivity (Wildman–Crippen MR) is 86.7 cm³/mol. The van der Waals surface area contributed by atoms with E-state index >= 15 is 0 Å². The van der Waals surface area contributed by atoms with Gasteiger partial charge in [0.05, 0.1) is 16.8 Å². The Kier molecular flexibility index (Phi) is 5.46. The Bertz CT molecular complexity index is 504. The van der Waals surface area contributed by atoms with Crippen molar-refractivity contribution in [2.75, 3.05) is 7.11 Å². The molecule has 0 spiro atoms. The number of rotatable bonds is 6. The number of unbranched alkanes of at least 4 members (excludes halogenated alkanes) is 1. The van der Waals surface area contributed by atoms with E-state index in [4.69, 9.17) is 4.74 Å². The number of halogens is 1. The minimum absolute atomic E-state index is 0.211. The van der Waals surface area contributed by atoms with Crippen LogP contribution in [0.2, 0.25) is 0 Å². The molecule has 0 fully saturated rings. The van der Waals surface area contributed by atoms with Crippen LogP contribution in [0, 0.1) is 0 Å². The molecule has 0 aliphatic heterocycles. The number of thiophene rings is 1. The molecule has 2 rings (SSSR count). The third-order valence-corrected chi connectivity index (χ3v) is 5.45. The fraction of sp³-hybridized carbons (Fsp3) is 0.375. The zero-order chi connectivity index (χ0) is 13.7. The van der Waals surface area contributed by atoms with Crippen molar-refractivity contribution in [2.24, 2.45) is 0 Å². The van der Waals surface area contributed by atoms with Gasteiger partial charge in [-0.3, -0.25) is 0 Å². The Balaban J connectivity index is 2.13. The standard InChI is InChI=1S/C16H19BrOS/c1-3-4-5-12-6-8-13(9-7-12)15(17)16-14(18-2)10-11-19-16/h6-11,15H,3-5H2,1-2H3. The van der Waals surface area contributed by atoms with E-state index in [0.29, 0.717) is 0 Å². The van der Waals surface area contributed by atoms with Gasteiger partial charge in [-0.15, -0.1) is 11.3 Å². The normalized spacial score (nSPS) is 12.4. The van der Waals surface area contributed by atoms with Crippen LogP contribution in [-0.2, 0) is 6.42 Å². The van der Waals surface area contributed by atoms with Crippen LogP contribution in [0.4, 0.5) is 0 Å². The van der Waals surface area contributed by atoms with Crippen molar-refractivity contribution in [3.05, 3.63) is 51.7 Å². The van der Waals surface area contributed by atoms with E-state index in [9.17, 15) is 0 Å². The zero-order valence-electron chi connectivity index (χ0n) is 11.4. The van der Waals surface area contributed by atoms with Crippen molar-refractivity contribution >= 4 is 27.3 Å². The van der Waals surface area contributed by atoms with Crippen LogP contribution < -0.4 is 4.74 Å². The molecule has 1 unspecified atom stereocenters. The van der Waals surface area contributed by atoms with E-state index < -0.39 is 0 Å². The SMILES string of the molecule is CCCCc1ccc(C(Br)c2sccc2OC)cc1. The fourth-order valence-electron chi connectivity index (χ4n) is 2.05. The monoisotopic (exact) mass is 338 g/mol. The molecule has 0 saturated heterocycles. The van der Waals surface area contributed by atoms with Crippen LogP contribution in [0.25, 0.3) is 0 Å². The number of aryl methyl sites for hydroxylation is 1. The number of alkyl halides is 1. The van der Waals surface area contributed by atoms with E-state index in [1.807, 2.05) is 6.07 Å². The lowest BCUT2D eigenvalue weighted by Gasteiger charge is -2.11. The molecular weight excluding hydrogens is 320 g/mol. The van der Waals surface area contributed by atoms with Crippen molar-refractivity contribution in [3.63, 3.8) is 0 Å². The summed E-state index contributed by atoms with van der Waals surface area (Å²) in [5, 5.41) is 2.07. The first-order valence-corrected chi connectivity index (χ1v) is 8.40. The van der Waals surface area contributed by atoms with E-state index in [1.54, 1.807) is 18.4 Å². The third kappa shape index (κ3) is 3.61. The average Bonchev–Trinajstić information content (AvgIpc) is 2.93. The van der Waals surface area contributed by atoms with Crippen LogP contribution in [0.5, 0.6) is 5.75 Å². The van der Waals surface area contributed by atoms with Gasteiger partial charge >= 0.3 is 0 Å². The third-order valence-electron chi connectivity index (χ3n) is 3.20. The van der Waals surface area contributed by atoms with Crippen LogP contribution in [0.1, 0.15) is 40.6 Å². The summed E-state index contributed by atoms with van der Waals surface area (Å²) in [6, 6.07) is 10.9. The van der Waals surface area contributed by atoms with Crippen molar-refractivity contribution in [2.45, 2.75) is 31.0 Å². The zero-order valence-corrected chi connectivity index (χ0v) is 13.8. The minimum atomic E-state index is 0.211. The van der Waals surface area contributed by atoms with Crippen LogP contribution in [-0.4, -0.2) is 7.11 Å². The molecule has 19 heavy (non-hydrogen) atoms. The van der Waals surface area contributed by atoms with Gasteiger partial charge in [0.25, 0.3) is 0 Å². The van der Waals surface area contributed by atoms with Crippen molar-refractivity contribution in [1.29, 1.82) is 0 Å². The first-order chi connectivity index (χ1) is 9.26. The minimum Gasteiger partial charge on any atom is -0.496 e. The van der Waals surface area contributed by atoms with Gasteiger partial charge in [-0.2, -0.15) is 0 Å². The smallest absolute Gasteiger partial charge is 0.134 e. The average molecular weight is 339 g/mol. The summed E-state index contributed by atoms with van der Waals surface area (Å²) < 4.78 is 5.39. The van der Waals surface area contributed by atoms with Gasteiger partial charge in [0, 0.05) is 0 Å².